The molecule has 12 heteroatoms. The minimum Gasteiger partial charge on any atom is -0.497 e. The van der Waals surface area contributed by atoms with E-state index in [2.05, 4.69) is 10.6 Å². The van der Waals surface area contributed by atoms with Crippen molar-refractivity contribution >= 4 is 52.3 Å². The lowest BCUT2D eigenvalue weighted by molar-refractivity contribution is 0.101. The lowest BCUT2D eigenvalue weighted by Crippen LogP contribution is -2.43. The predicted octanol–water partition coefficient (Wildman–Crippen LogP) is 5.54. The molecule has 1 aliphatic rings. The number of nitrogens with two attached hydrogens (primary N) is 1. The van der Waals surface area contributed by atoms with Crippen LogP contribution in [0.2, 0.25) is 10.0 Å². The lowest BCUT2D eigenvalue weighted by atomic mass is 10.1. The number of carbonyl (C=O) groups is 2. The summed E-state index contributed by atoms with van der Waals surface area (Å²) in [4.78, 5) is 45.5. The molecule has 0 saturated heterocycles. The molecule has 10 nitrogen and oxygen atoms in total. The molecule has 0 radical (unpaired) electrons. The monoisotopic (exact) mass is 606 g/mol. The number of ether oxygens (including phenoxy) is 1. The van der Waals surface area contributed by atoms with Gasteiger partial charge >= 0.3 is 6.03 Å². The van der Waals surface area contributed by atoms with Crippen LogP contribution in [0.5, 0.6) is 5.75 Å². The molecular weight excluding hydrogens is 579 g/mol. The smallest absolute Gasteiger partial charge is 0.322 e. The van der Waals surface area contributed by atoms with Gasteiger partial charge in [0.15, 0.2) is 5.78 Å². The number of methoxy groups -OCH3 is 1. The highest BCUT2D eigenvalue weighted by Gasteiger charge is 2.28. The number of anilines is 3. The van der Waals surface area contributed by atoms with Crippen molar-refractivity contribution in [1.82, 2.24) is 14.5 Å². The summed E-state index contributed by atoms with van der Waals surface area (Å²) in [6.07, 6.45) is 0.364. The van der Waals surface area contributed by atoms with Crippen LogP contribution in [-0.4, -0.2) is 39.9 Å². The first-order valence-corrected chi connectivity index (χ1v) is 13.8. The third kappa shape index (κ3) is 6.05. The molecule has 1 aromatic heterocycles. The standard InChI is InChI=1S/C30H28Cl2N6O4/c1-17(39)19-5-10-27(24(33)13-19)38-28(40)22-16-37(30(41)36-26-9-6-20(31)14-23(26)32)12-11-25(22)35-29(38)34-15-18-3-7-21(42-2)8-4-18/h3-10,13-14H,11-12,15-16,33H2,1-2H3,(H,34,35)(H,36,41). The van der Waals surface area contributed by atoms with Gasteiger partial charge in [0.2, 0.25) is 5.95 Å². The van der Waals surface area contributed by atoms with Crippen LogP contribution in [0.1, 0.15) is 34.1 Å². The Labute approximate surface area is 252 Å². The minimum absolute atomic E-state index is 0.0302. The Bertz CT molecular complexity index is 1740. The molecule has 4 aromatic rings. The average molecular weight is 607 g/mol. The van der Waals surface area contributed by atoms with Crippen LogP contribution in [-0.2, 0) is 19.5 Å². The lowest BCUT2D eigenvalue weighted by Gasteiger charge is -2.29. The second kappa shape index (κ2) is 12.1. The third-order valence-electron chi connectivity index (χ3n) is 6.97. The molecule has 0 bridgehead atoms. The molecule has 4 N–H and O–H groups in total. The van der Waals surface area contributed by atoms with Crippen LogP contribution in [0.3, 0.4) is 0 Å². The molecule has 0 fully saturated rings. The molecule has 0 atom stereocenters. The fraction of sp³-hybridized carbons (Fsp3) is 0.200. The highest BCUT2D eigenvalue weighted by molar-refractivity contribution is 6.36. The highest BCUT2D eigenvalue weighted by Crippen LogP contribution is 2.27. The van der Waals surface area contributed by atoms with Gasteiger partial charge in [-0.1, -0.05) is 35.3 Å². The van der Waals surface area contributed by atoms with Gasteiger partial charge in [-0.3, -0.25) is 9.59 Å². The maximum atomic E-state index is 14.1. The van der Waals surface area contributed by atoms with Crippen molar-refractivity contribution in [2.45, 2.75) is 26.4 Å². The van der Waals surface area contributed by atoms with E-state index in [0.717, 1.165) is 11.3 Å². The SMILES string of the molecule is COc1ccc(CNc2nc3c(c(=O)n2-c2ccc(C(C)=O)cc2N)CN(C(=O)Nc2ccc(Cl)cc2Cl)CC3)cc1. The number of rotatable bonds is 7. The molecule has 1 aliphatic heterocycles. The van der Waals surface area contributed by atoms with Gasteiger partial charge in [0.05, 0.1) is 47.0 Å². The highest BCUT2D eigenvalue weighted by atomic mass is 35.5. The maximum absolute atomic E-state index is 14.1. The summed E-state index contributed by atoms with van der Waals surface area (Å²) in [6, 6.07) is 16.6. The zero-order valence-corrected chi connectivity index (χ0v) is 24.4. The van der Waals surface area contributed by atoms with Gasteiger partial charge in [0, 0.05) is 30.1 Å². The normalized spacial score (nSPS) is 12.4. The van der Waals surface area contributed by atoms with E-state index in [1.54, 1.807) is 31.4 Å². The quantitative estimate of drug-likeness (QED) is 0.186. The Morgan fingerprint density at radius 1 is 1.07 bits per heavy atom. The Morgan fingerprint density at radius 2 is 1.83 bits per heavy atom. The molecule has 5 rings (SSSR count). The van der Waals surface area contributed by atoms with Crippen LogP contribution >= 0.6 is 23.2 Å². The molecule has 0 unspecified atom stereocenters. The number of halogens is 2. The first kappa shape index (κ1) is 29.0. The van der Waals surface area contributed by atoms with Crippen LogP contribution < -0.4 is 26.7 Å². The van der Waals surface area contributed by atoms with Crippen molar-refractivity contribution in [2.75, 3.05) is 30.0 Å². The van der Waals surface area contributed by atoms with Gasteiger partial charge < -0.3 is 26.0 Å². The van der Waals surface area contributed by atoms with E-state index in [4.69, 9.17) is 38.7 Å². The van der Waals surface area contributed by atoms with E-state index in [-0.39, 0.29) is 23.6 Å². The number of Topliss-reactive ketones (excluding diaryl/α,β-unsaturated/α-hetero) is 1. The molecule has 2 heterocycles. The second-order valence-electron chi connectivity index (χ2n) is 9.76. The summed E-state index contributed by atoms with van der Waals surface area (Å²) in [5, 5.41) is 6.80. The predicted molar refractivity (Wildman–Crippen MR) is 164 cm³/mol. The molecular formula is C30H28Cl2N6O4. The van der Waals surface area contributed by atoms with E-state index in [0.29, 0.717) is 63.7 Å². The number of aromatic nitrogens is 2. The third-order valence-corrected chi connectivity index (χ3v) is 7.52. The van der Waals surface area contributed by atoms with Crippen molar-refractivity contribution in [3.63, 3.8) is 0 Å². The maximum Gasteiger partial charge on any atom is 0.322 e. The topological polar surface area (TPSA) is 132 Å². The van der Waals surface area contributed by atoms with Gasteiger partial charge in [0.25, 0.3) is 5.56 Å². The van der Waals surface area contributed by atoms with Crippen molar-refractivity contribution in [3.8, 4) is 11.4 Å². The van der Waals surface area contributed by atoms with Gasteiger partial charge in [-0.05, 0) is 61.0 Å². The molecule has 2 amide bonds. The zero-order valence-electron chi connectivity index (χ0n) is 22.9. The number of hydrogen-bond acceptors (Lipinski definition) is 7. The summed E-state index contributed by atoms with van der Waals surface area (Å²) in [5.74, 6) is 0.875. The van der Waals surface area contributed by atoms with Crippen molar-refractivity contribution in [3.05, 3.63) is 103 Å². The second-order valence-corrected chi connectivity index (χ2v) is 10.6. The number of amides is 2. The van der Waals surface area contributed by atoms with Crippen LogP contribution in [0.25, 0.3) is 5.69 Å². The summed E-state index contributed by atoms with van der Waals surface area (Å²) in [6.45, 7) is 2.19. The number of nitrogens with zero attached hydrogens (tertiary/aromatic N) is 3. The fourth-order valence-corrected chi connectivity index (χ4v) is 5.13. The van der Waals surface area contributed by atoms with Gasteiger partial charge in [-0.15, -0.1) is 0 Å². The number of urea groups is 1. The van der Waals surface area contributed by atoms with Crippen molar-refractivity contribution < 1.29 is 14.3 Å². The molecule has 0 saturated carbocycles. The molecule has 0 aliphatic carbocycles. The fourth-order valence-electron chi connectivity index (χ4n) is 4.68. The molecule has 0 spiro atoms. The van der Waals surface area contributed by atoms with Gasteiger partial charge in [0.1, 0.15) is 5.75 Å². The van der Waals surface area contributed by atoms with E-state index < -0.39 is 6.03 Å². The summed E-state index contributed by atoms with van der Waals surface area (Å²) in [5.41, 5.74) is 9.30. The van der Waals surface area contributed by atoms with E-state index in [9.17, 15) is 14.4 Å². The number of nitrogen functional groups attached to an aromatic ring is 1. The number of ketones is 1. The van der Waals surface area contributed by atoms with Gasteiger partial charge in [-0.25, -0.2) is 14.3 Å². The van der Waals surface area contributed by atoms with E-state index in [1.807, 2.05) is 24.3 Å². The Balaban J connectivity index is 1.50. The zero-order chi connectivity index (χ0) is 30.0. The first-order chi connectivity index (χ1) is 20.1. The average Bonchev–Trinajstić information content (AvgIpc) is 2.98. The Kier molecular flexibility index (Phi) is 8.37. The van der Waals surface area contributed by atoms with Gasteiger partial charge in [-0.2, -0.15) is 0 Å². The molecule has 3 aromatic carbocycles. The molecule has 216 valence electrons. The number of fused-ring (bicyclic) bond motifs is 1. The number of hydrogen-bond donors (Lipinski definition) is 3. The van der Waals surface area contributed by atoms with E-state index in [1.165, 1.54) is 28.5 Å². The largest absolute Gasteiger partial charge is 0.497 e. The van der Waals surface area contributed by atoms with Crippen molar-refractivity contribution in [1.29, 1.82) is 0 Å². The minimum atomic E-state index is -0.414. The van der Waals surface area contributed by atoms with Crippen LogP contribution in [0, 0.1) is 0 Å². The van der Waals surface area contributed by atoms with Crippen molar-refractivity contribution in [2.24, 2.45) is 0 Å². The molecule has 42 heavy (non-hydrogen) atoms. The summed E-state index contributed by atoms with van der Waals surface area (Å²) < 4.78 is 6.62. The number of nitrogens with one attached hydrogen (secondary N) is 2. The summed E-state index contributed by atoms with van der Waals surface area (Å²) >= 11 is 12.2. The first-order valence-electron chi connectivity index (χ1n) is 13.1. The number of carbonyl (C=O) groups excluding carboxylic acids is 2. The Morgan fingerprint density at radius 3 is 2.50 bits per heavy atom. The van der Waals surface area contributed by atoms with Crippen LogP contribution in [0.15, 0.2) is 65.5 Å². The number of benzene rings is 3. The van der Waals surface area contributed by atoms with Crippen LogP contribution in [0.4, 0.5) is 22.1 Å². The Hall–Kier alpha value is -4.54. The van der Waals surface area contributed by atoms with E-state index >= 15 is 0 Å². The summed E-state index contributed by atoms with van der Waals surface area (Å²) in [7, 11) is 1.60.